The van der Waals surface area contributed by atoms with Crippen molar-refractivity contribution in [3.05, 3.63) is 35.3 Å². The van der Waals surface area contributed by atoms with Crippen LogP contribution in [0.1, 0.15) is 27.2 Å². The Morgan fingerprint density at radius 2 is 2.00 bits per heavy atom. The van der Waals surface area contributed by atoms with Gasteiger partial charge in [-0.3, -0.25) is 0 Å². The highest BCUT2D eigenvalue weighted by Gasteiger charge is 2.24. The Morgan fingerprint density at radius 3 is 2.73 bits per heavy atom. The van der Waals surface area contributed by atoms with E-state index < -0.39 is 0 Å². The molecule has 2 heteroatoms. The molecule has 0 aromatic heterocycles. The van der Waals surface area contributed by atoms with Crippen LogP contribution in [0.4, 0.5) is 0 Å². The topological polar surface area (TPSA) is 18.5 Å². The van der Waals surface area contributed by atoms with E-state index in [1.807, 2.05) is 0 Å². The molecule has 1 aliphatic carbocycles. The summed E-state index contributed by atoms with van der Waals surface area (Å²) in [5, 5.41) is 0. The van der Waals surface area contributed by atoms with Crippen molar-refractivity contribution in [2.45, 2.75) is 27.2 Å². The van der Waals surface area contributed by atoms with E-state index in [1.54, 1.807) is 0 Å². The second-order valence-electron chi connectivity index (χ2n) is 4.57. The van der Waals surface area contributed by atoms with Crippen molar-refractivity contribution in [2.75, 3.05) is 13.2 Å². The van der Waals surface area contributed by atoms with Crippen LogP contribution in [-0.2, 0) is 9.47 Å². The van der Waals surface area contributed by atoms with Crippen LogP contribution < -0.4 is 0 Å². The molecule has 0 aromatic rings. The third kappa shape index (κ3) is 2.09. The second-order valence-corrected chi connectivity index (χ2v) is 4.57. The first-order valence-electron chi connectivity index (χ1n) is 5.53. The fourth-order valence-corrected chi connectivity index (χ4v) is 1.85. The molecule has 0 saturated carbocycles. The van der Waals surface area contributed by atoms with Crippen molar-refractivity contribution in [2.24, 2.45) is 5.41 Å². The van der Waals surface area contributed by atoms with Gasteiger partial charge in [-0.2, -0.15) is 0 Å². The Balaban J connectivity index is 2.45. The lowest BCUT2D eigenvalue weighted by Gasteiger charge is -2.23. The molecule has 0 amide bonds. The molecule has 1 saturated heterocycles. The smallest absolute Gasteiger partial charge is 0.164 e. The molecule has 15 heavy (non-hydrogen) atoms. The summed E-state index contributed by atoms with van der Waals surface area (Å²) in [5.41, 5.74) is 1.27. The molecule has 1 fully saturated rings. The lowest BCUT2D eigenvalue weighted by atomic mass is 9.92. The molecule has 82 valence electrons. The first-order valence-corrected chi connectivity index (χ1v) is 5.53. The standard InChI is InChI=1S/C13H18O2/c1-4-10-5-6-13(2,3)9-11-12(10)15-8-7-14-11/h5-6,9H,4,7-8H2,1-3H3. The molecule has 0 unspecified atom stereocenters. The molecule has 0 aromatic carbocycles. The minimum atomic E-state index is 0.0399. The van der Waals surface area contributed by atoms with Gasteiger partial charge < -0.3 is 9.47 Å². The van der Waals surface area contributed by atoms with E-state index in [2.05, 4.69) is 39.0 Å². The Morgan fingerprint density at radius 1 is 1.27 bits per heavy atom. The molecule has 1 heterocycles. The molecule has 2 aliphatic rings. The first kappa shape index (κ1) is 10.3. The number of fused-ring (bicyclic) bond motifs is 1. The highest BCUT2D eigenvalue weighted by atomic mass is 16.6. The SMILES string of the molecule is CCC1=C2OCCOC2=CC(C)(C)C=C1. The average Bonchev–Trinajstić information content (AvgIpc) is 2.32. The molecule has 0 atom stereocenters. The molecular weight excluding hydrogens is 188 g/mol. The second kappa shape index (κ2) is 3.76. The van der Waals surface area contributed by atoms with E-state index >= 15 is 0 Å². The molecule has 2 rings (SSSR count). The molecule has 0 radical (unpaired) electrons. The highest BCUT2D eigenvalue weighted by molar-refractivity contribution is 5.39. The fourth-order valence-electron chi connectivity index (χ4n) is 1.85. The third-order valence-corrected chi connectivity index (χ3v) is 2.70. The normalized spacial score (nSPS) is 23.5. The van der Waals surface area contributed by atoms with Crippen LogP contribution in [0.5, 0.6) is 0 Å². The molecule has 1 aliphatic heterocycles. The number of rotatable bonds is 1. The first-order chi connectivity index (χ1) is 7.12. The molecular formula is C13H18O2. The van der Waals surface area contributed by atoms with Crippen molar-refractivity contribution in [1.82, 2.24) is 0 Å². The van der Waals surface area contributed by atoms with Gasteiger partial charge in [0, 0.05) is 5.41 Å². The maximum Gasteiger partial charge on any atom is 0.164 e. The summed E-state index contributed by atoms with van der Waals surface area (Å²) in [4.78, 5) is 0. The van der Waals surface area contributed by atoms with Crippen LogP contribution in [0.25, 0.3) is 0 Å². The van der Waals surface area contributed by atoms with E-state index in [-0.39, 0.29) is 5.41 Å². The van der Waals surface area contributed by atoms with E-state index in [1.165, 1.54) is 5.57 Å². The number of allylic oxidation sites excluding steroid dienone is 4. The zero-order valence-electron chi connectivity index (χ0n) is 9.67. The van der Waals surface area contributed by atoms with Crippen LogP contribution >= 0.6 is 0 Å². The van der Waals surface area contributed by atoms with Crippen molar-refractivity contribution in [1.29, 1.82) is 0 Å². The third-order valence-electron chi connectivity index (χ3n) is 2.70. The quantitative estimate of drug-likeness (QED) is 0.656. The van der Waals surface area contributed by atoms with Crippen molar-refractivity contribution < 1.29 is 9.47 Å². The Labute approximate surface area is 91.3 Å². The summed E-state index contributed by atoms with van der Waals surface area (Å²) in [7, 11) is 0. The van der Waals surface area contributed by atoms with Crippen molar-refractivity contribution in [3.63, 3.8) is 0 Å². The van der Waals surface area contributed by atoms with Crippen LogP contribution in [0.3, 0.4) is 0 Å². The van der Waals surface area contributed by atoms with E-state index in [9.17, 15) is 0 Å². The van der Waals surface area contributed by atoms with Crippen LogP contribution in [0.15, 0.2) is 35.3 Å². The van der Waals surface area contributed by atoms with Gasteiger partial charge in [-0.05, 0) is 18.1 Å². The summed E-state index contributed by atoms with van der Waals surface area (Å²) in [6, 6.07) is 0. The largest absolute Gasteiger partial charge is 0.486 e. The Kier molecular flexibility index (Phi) is 2.59. The zero-order chi connectivity index (χ0) is 10.9. The van der Waals surface area contributed by atoms with Gasteiger partial charge >= 0.3 is 0 Å². The van der Waals surface area contributed by atoms with Crippen LogP contribution in [0.2, 0.25) is 0 Å². The molecule has 0 spiro atoms. The van der Waals surface area contributed by atoms with Gasteiger partial charge in [-0.15, -0.1) is 0 Å². The van der Waals surface area contributed by atoms with Gasteiger partial charge in [0.05, 0.1) is 0 Å². The molecule has 0 bridgehead atoms. The fraction of sp³-hybridized carbons (Fsp3) is 0.538. The lowest BCUT2D eigenvalue weighted by molar-refractivity contribution is 0.0566. The Hall–Kier alpha value is -1.18. The van der Waals surface area contributed by atoms with Gasteiger partial charge in [0.25, 0.3) is 0 Å². The summed E-state index contributed by atoms with van der Waals surface area (Å²) >= 11 is 0. The van der Waals surface area contributed by atoms with Crippen LogP contribution in [0, 0.1) is 5.41 Å². The number of hydrogen-bond donors (Lipinski definition) is 0. The van der Waals surface area contributed by atoms with Crippen molar-refractivity contribution >= 4 is 0 Å². The lowest BCUT2D eigenvalue weighted by Crippen LogP contribution is -2.16. The number of ether oxygens (including phenoxy) is 2. The average molecular weight is 206 g/mol. The van der Waals surface area contributed by atoms with Gasteiger partial charge in [0.2, 0.25) is 0 Å². The summed E-state index contributed by atoms with van der Waals surface area (Å²) in [6.45, 7) is 7.79. The summed E-state index contributed by atoms with van der Waals surface area (Å²) in [5.74, 6) is 1.85. The summed E-state index contributed by atoms with van der Waals surface area (Å²) in [6.07, 6.45) is 7.48. The monoisotopic (exact) mass is 206 g/mol. The maximum atomic E-state index is 5.69. The van der Waals surface area contributed by atoms with E-state index in [0.717, 1.165) is 17.9 Å². The van der Waals surface area contributed by atoms with Crippen LogP contribution in [-0.4, -0.2) is 13.2 Å². The minimum Gasteiger partial charge on any atom is -0.486 e. The predicted molar refractivity (Wildman–Crippen MR) is 60.2 cm³/mol. The van der Waals surface area contributed by atoms with Gasteiger partial charge in [0.15, 0.2) is 11.5 Å². The van der Waals surface area contributed by atoms with Crippen molar-refractivity contribution in [3.8, 4) is 0 Å². The van der Waals surface area contributed by atoms with Gasteiger partial charge in [-0.25, -0.2) is 0 Å². The minimum absolute atomic E-state index is 0.0399. The highest BCUT2D eigenvalue weighted by Crippen LogP contribution is 2.33. The Bertz CT molecular complexity index is 346. The molecule has 2 nitrogen and oxygen atoms in total. The number of hydrogen-bond acceptors (Lipinski definition) is 2. The van der Waals surface area contributed by atoms with E-state index in [0.29, 0.717) is 13.2 Å². The summed E-state index contributed by atoms with van der Waals surface area (Å²) < 4.78 is 11.4. The van der Waals surface area contributed by atoms with Gasteiger partial charge in [-0.1, -0.05) is 32.9 Å². The van der Waals surface area contributed by atoms with Gasteiger partial charge in [0.1, 0.15) is 13.2 Å². The maximum absolute atomic E-state index is 5.69. The zero-order valence-corrected chi connectivity index (χ0v) is 9.67. The van der Waals surface area contributed by atoms with E-state index in [4.69, 9.17) is 9.47 Å². The predicted octanol–water partition coefficient (Wildman–Crippen LogP) is 3.18. The molecule has 0 N–H and O–H groups in total.